The standard InChI is InChI=1S/C16H19N3/c1-13(14-8-4-2-5-9-14)18-12-19-16(17)15-10-6-3-7-11-15/h2-11,13,18H,12H2,1H3,(H2,17,19). The molecule has 3 nitrogen and oxygen atoms in total. The van der Waals surface area contributed by atoms with E-state index in [0.29, 0.717) is 12.5 Å². The summed E-state index contributed by atoms with van der Waals surface area (Å²) < 4.78 is 0. The third kappa shape index (κ3) is 3.93. The van der Waals surface area contributed by atoms with Crippen LogP contribution in [0.4, 0.5) is 0 Å². The van der Waals surface area contributed by atoms with Gasteiger partial charge in [-0.1, -0.05) is 60.7 Å². The lowest BCUT2D eigenvalue weighted by Gasteiger charge is -2.12. The quantitative estimate of drug-likeness (QED) is 0.636. The number of benzene rings is 2. The largest absolute Gasteiger partial charge is 0.383 e. The molecule has 0 saturated carbocycles. The second-order valence-electron chi connectivity index (χ2n) is 4.40. The van der Waals surface area contributed by atoms with Crippen molar-refractivity contribution in [2.45, 2.75) is 13.0 Å². The van der Waals surface area contributed by atoms with Crippen LogP contribution in [-0.4, -0.2) is 12.5 Å². The maximum Gasteiger partial charge on any atom is 0.127 e. The van der Waals surface area contributed by atoms with Gasteiger partial charge in [-0.3, -0.25) is 10.3 Å². The molecule has 19 heavy (non-hydrogen) atoms. The average Bonchev–Trinajstić information content (AvgIpc) is 2.49. The molecule has 3 heteroatoms. The van der Waals surface area contributed by atoms with Gasteiger partial charge in [-0.05, 0) is 12.5 Å². The summed E-state index contributed by atoms with van der Waals surface area (Å²) in [6.07, 6.45) is 0. The summed E-state index contributed by atoms with van der Waals surface area (Å²) in [6.45, 7) is 2.63. The SMILES string of the molecule is CC(NC/N=C(\N)c1ccccc1)c1ccccc1. The smallest absolute Gasteiger partial charge is 0.127 e. The predicted molar refractivity (Wildman–Crippen MR) is 80.0 cm³/mol. The number of amidine groups is 1. The van der Waals surface area contributed by atoms with Gasteiger partial charge in [0.25, 0.3) is 0 Å². The first-order chi connectivity index (χ1) is 9.27. The highest BCUT2D eigenvalue weighted by atomic mass is 15.0. The Morgan fingerprint density at radius 2 is 1.63 bits per heavy atom. The average molecular weight is 253 g/mol. The van der Waals surface area contributed by atoms with Crippen molar-refractivity contribution in [3.05, 3.63) is 71.8 Å². The van der Waals surface area contributed by atoms with Gasteiger partial charge in [0.05, 0.1) is 6.67 Å². The number of rotatable bonds is 5. The topological polar surface area (TPSA) is 50.4 Å². The molecule has 3 N–H and O–H groups in total. The van der Waals surface area contributed by atoms with Crippen LogP contribution in [0.3, 0.4) is 0 Å². The molecule has 0 aromatic heterocycles. The van der Waals surface area contributed by atoms with Gasteiger partial charge in [0.2, 0.25) is 0 Å². The lowest BCUT2D eigenvalue weighted by molar-refractivity contribution is 0.589. The molecule has 0 saturated heterocycles. The van der Waals surface area contributed by atoms with Crippen molar-refractivity contribution in [3.63, 3.8) is 0 Å². The van der Waals surface area contributed by atoms with Crippen LogP contribution in [-0.2, 0) is 0 Å². The number of aliphatic imine (C=N–C) groups is 1. The van der Waals surface area contributed by atoms with Crippen LogP contribution in [0.15, 0.2) is 65.7 Å². The third-order valence-corrected chi connectivity index (χ3v) is 3.02. The van der Waals surface area contributed by atoms with E-state index in [0.717, 1.165) is 5.56 Å². The fourth-order valence-corrected chi connectivity index (χ4v) is 1.83. The van der Waals surface area contributed by atoms with Crippen LogP contribution in [0.25, 0.3) is 0 Å². The number of nitrogens with zero attached hydrogens (tertiary/aromatic N) is 1. The summed E-state index contributed by atoms with van der Waals surface area (Å²) in [5.74, 6) is 0.563. The van der Waals surface area contributed by atoms with Crippen molar-refractivity contribution in [1.29, 1.82) is 0 Å². The minimum Gasteiger partial charge on any atom is -0.383 e. The van der Waals surface area contributed by atoms with Crippen molar-refractivity contribution in [2.24, 2.45) is 10.7 Å². The fourth-order valence-electron chi connectivity index (χ4n) is 1.83. The van der Waals surface area contributed by atoms with Crippen LogP contribution in [0, 0.1) is 0 Å². The molecule has 0 aliphatic heterocycles. The molecule has 2 aromatic rings. The Hall–Kier alpha value is -2.13. The van der Waals surface area contributed by atoms with E-state index >= 15 is 0 Å². The molecule has 0 fully saturated rings. The van der Waals surface area contributed by atoms with E-state index in [4.69, 9.17) is 5.73 Å². The Balaban J connectivity index is 1.90. The van der Waals surface area contributed by atoms with Gasteiger partial charge in [-0.25, -0.2) is 0 Å². The molecule has 1 unspecified atom stereocenters. The Bertz CT molecular complexity index is 520. The van der Waals surface area contributed by atoms with E-state index in [1.807, 2.05) is 48.5 Å². The number of hydrogen-bond donors (Lipinski definition) is 2. The van der Waals surface area contributed by atoms with Crippen LogP contribution >= 0.6 is 0 Å². The first-order valence-electron chi connectivity index (χ1n) is 6.41. The van der Waals surface area contributed by atoms with Crippen molar-refractivity contribution in [3.8, 4) is 0 Å². The molecule has 2 rings (SSSR count). The molecular formula is C16H19N3. The first-order valence-corrected chi connectivity index (χ1v) is 6.41. The second kappa shape index (κ2) is 6.71. The Morgan fingerprint density at radius 1 is 1.05 bits per heavy atom. The Morgan fingerprint density at radius 3 is 2.26 bits per heavy atom. The van der Waals surface area contributed by atoms with Gasteiger partial charge < -0.3 is 5.73 Å². The van der Waals surface area contributed by atoms with E-state index < -0.39 is 0 Å². The highest BCUT2D eigenvalue weighted by molar-refractivity contribution is 5.97. The van der Waals surface area contributed by atoms with Gasteiger partial charge in [-0.15, -0.1) is 0 Å². The van der Waals surface area contributed by atoms with Crippen molar-refractivity contribution < 1.29 is 0 Å². The van der Waals surface area contributed by atoms with Gasteiger partial charge in [0.15, 0.2) is 0 Å². The summed E-state index contributed by atoms with van der Waals surface area (Å²) in [7, 11) is 0. The molecule has 0 spiro atoms. The highest BCUT2D eigenvalue weighted by Gasteiger charge is 2.02. The van der Waals surface area contributed by atoms with E-state index in [1.54, 1.807) is 0 Å². The summed E-state index contributed by atoms with van der Waals surface area (Å²) in [5.41, 5.74) is 8.13. The maximum absolute atomic E-state index is 5.93. The summed E-state index contributed by atoms with van der Waals surface area (Å²) >= 11 is 0. The lowest BCUT2D eigenvalue weighted by Crippen LogP contribution is -2.22. The van der Waals surface area contributed by atoms with Crippen LogP contribution in [0.5, 0.6) is 0 Å². The van der Waals surface area contributed by atoms with Crippen LogP contribution in [0.2, 0.25) is 0 Å². The molecule has 2 aromatic carbocycles. The molecule has 1 atom stereocenters. The van der Waals surface area contributed by atoms with Gasteiger partial charge in [0, 0.05) is 11.6 Å². The third-order valence-electron chi connectivity index (χ3n) is 3.02. The zero-order valence-electron chi connectivity index (χ0n) is 11.1. The van der Waals surface area contributed by atoms with Gasteiger partial charge in [-0.2, -0.15) is 0 Å². The predicted octanol–water partition coefficient (Wildman–Crippen LogP) is 2.70. The minimum atomic E-state index is 0.258. The summed E-state index contributed by atoms with van der Waals surface area (Å²) in [5, 5.41) is 3.33. The summed E-state index contributed by atoms with van der Waals surface area (Å²) in [4.78, 5) is 4.34. The van der Waals surface area contributed by atoms with E-state index in [2.05, 4.69) is 29.4 Å². The first kappa shape index (κ1) is 13.3. The van der Waals surface area contributed by atoms with Crippen molar-refractivity contribution in [1.82, 2.24) is 5.32 Å². The molecule has 0 heterocycles. The number of nitrogens with two attached hydrogens (primary N) is 1. The van der Waals surface area contributed by atoms with Gasteiger partial charge >= 0.3 is 0 Å². The Labute approximate surface area is 114 Å². The Kier molecular flexibility index (Phi) is 4.70. The molecular weight excluding hydrogens is 234 g/mol. The van der Waals surface area contributed by atoms with Crippen molar-refractivity contribution >= 4 is 5.84 Å². The highest BCUT2D eigenvalue weighted by Crippen LogP contribution is 2.10. The minimum absolute atomic E-state index is 0.258. The zero-order chi connectivity index (χ0) is 13.5. The number of nitrogens with one attached hydrogen (secondary N) is 1. The molecule has 98 valence electrons. The second-order valence-corrected chi connectivity index (χ2v) is 4.40. The fraction of sp³-hybridized carbons (Fsp3) is 0.188. The molecule has 0 aliphatic carbocycles. The van der Waals surface area contributed by atoms with Crippen LogP contribution in [0.1, 0.15) is 24.1 Å². The van der Waals surface area contributed by atoms with E-state index in [1.165, 1.54) is 5.56 Å². The molecule has 0 radical (unpaired) electrons. The van der Waals surface area contributed by atoms with Crippen LogP contribution < -0.4 is 11.1 Å². The molecule has 0 amide bonds. The molecule has 0 aliphatic rings. The van der Waals surface area contributed by atoms with E-state index in [-0.39, 0.29) is 6.04 Å². The lowest BCUT2D eigenvalue weighted by atomic mass is 10.1. The van der Waals surface area contributed by atoms with E-state index in [9.17, 15) is 0 Å². The number of hydrogen-bond acceptors (Lipinski definition) is 2. The summed E-state index contributed by atoms with van der Waals surface area (Å²) in [6, 6.07) is 20.3. The maximum atomic E-state index is 5.93. The molecule has 0 bridgehead atoms. The normalized spacial score (nSPS) is 13.2. The van der Waals surface area contributed by atoms with Gasteiger partial charge in [0.1, 0.15) is 5.84 Å². The monoisotopic (exact) mass is 253 g/mol. The van der Waals surface area contributed by atoms with Crippen molar-refractivity contribution in [2.75, 3.05) is 6.67 Å². The zero-order valence-corrected chi connectivity index (χ0v) is 11.1.